The summed E-state index contributed by atoms with van der Waals surface area (Å²) in [5.41, 5.74) is 1.16. The van der Waals surface area contributed by atoms with Crippen LogP contribution in [0.4, 0.5) is 5.82 Å². The standard InChI is InChI=1S/C9H16N4/c1-12-7-5-3-4-6-8-9(12)13(2)11-10-8/h3-7H2,1-2H3. The lowest BCUT2D eigenvalue weighted by atomic mass is 10.1. The zero-order valence-electron chi connectivity index (χ0n) is 8.32. The van der Waals surface area contributed by atoms with Crippen LogP contribution in [-0.2, 0) is 13.5 Å². The van der Waals surface area contributed by atoms with E-state index in [2.05, 4.69) is 22.3 Å². The van der Waals surface area contributed by atoms with Gasteiger partial charge >= 0.3 is 0 Å². The minimum atomic E-state index is 1.08. The van der Waals surface area contributed by atoms with E-state index in [1.54, 1.807) is 0 Å². The number of hydrogen-bond acceptors (Lipinski definition) is 3. The van der Waals surface area contributed by atoms with Crippen molar-refractivity contribution < 1.29 is 0 Å². The zero-order chi connectivity index (χ0) is 9.26. The van der Waals surface area contributed by atoms with Crippen molar-refractivity contribution in [3.63, 3.8) is 0 Å². The summed E-state index contributed by atoms with van der Waals surface area (Å²) in [6.07, 6.45) is 4.91. The lowest BCUT2D eigenvalue weighted by Gasteiger charge is -2.21. The van der Waals surface area contributed by atoms with Crippen LogP contribution in [0.15, 0.2) is 0 Å². The molecule has 1 aliphatic rings. The molecule has 13 heavy (non-hydrogen) atoms. The van der Waals surface area contributed by atoms with E-state index >= 15 is 0 Å². The zero-order valence-corrected chi connectivity index (χ0v) is 8.32. The Morgan fingerprint density at radius 3 is 2.85 bits per heavy atom. The van der Waals surface area contributed by atoms with Crippen molar-refractivity contribution in [2.75, 3.05) is 18.5 Å². The van der Waals surface area contributed by atoms with E-state index < -0.39 is 0 Å². The van der Waals surface area contributed by atoms with Gasteiger partial charge in [-0.05, 0) is 19.3 Å². The molecule has 4 nitrogen and oxygen atoms in total. The molecule has 0 aromatic carbocycles. The van der Waals surface area contributed by atoms with Crippen molar-refractivity contribution in [1.29, 1.82) is 0 Å². The maximum absolute atomic E-state index is 4.18. The fraction of sp³-hybridized carbons (Fsp3) is 0.778. The van der Waals surface area contributed by atoms with Gasteiger partial charge in [0, 0.05) is 20.6 Å². The summed E-state index contributed by atoms with van der Waals surface area (Å²) >= 11 is 0. The number of hydrogen-bond donors (Lipinski definition) is 0. The van der Waals surface area contributed by atoms with E-state index in [1.807, 2.05) is 11.7 Å². The van der Waals surface area contributed by atoms with E-state index in [0.29, 0.717) is 0 Å². The molecule has 0 saturated carbocycles. The topological polar surface area (TPSA) is 34.0 Å². The summed E-state index contributed by atoms with van der Waals surface area (Å²) in [4.78, 5) is 2.26. The van der Waals surface area contributed by atoms with Gasteiger partial charge in [-0.1, -0.05) is 11.6 Å². The Labute approximate surface area is 78.5 Å². The molecule has 1 aliphatic heterocycles. The fourth-order valence-corrected chi connectivity index (χ4v) is 1.95. The highest BCUT2D eigenvalue weighted by Gasteiger charge is 2.16. The Hall–Kier alpha value is -1.06. The second-order valence-corrected chi connectivity index (χ2v) is 3.72. The van der Waals surface area contributed by atoms with Crippen LogP contribution >= 0.6 is 0 Å². The second kappa shape index (κ2) is 3.36. The van der Waals surface area contributed by atoms with Gasteiger partial charge in [0.25, 0.3) is 0 Å². The van der Waals surface area contributed by atoms with Gasteiger partial charge in [0.2, 0.25) is 0 Å². The normalized spacial score (nSPS) is 17.8. The second-order valence-electron chi connectivity index (χ2n) is 3.72. The average molecular weight is 180 g/mol. The molecule has 0 atom stereocenters. The molecule has 72 valence electrons. The highest BCUT2D eigenvalue weighted by molar-refractivity contribution is 5.42. The molecule has 2 heterocycles. The average Bonchev–Trinajstić information content (AvgIpc) is 2.42. The molecule has 2 rings (SSSR count). The molecule has 0 saturated heterocycles. The predicted molar refractivity (Wildman–Crippen MR) is 51.8 cm³/mol. The predicted octanol–water partition coefficient (Wildman–Crippen LogP) is 0.978. The SMILES string of the molecule is CN1CCCCCc2nnn(C)c21. The summed E-state index contributed by atoms with van der Waals surface area (Å²) in [7, 11) is 4.08. The Kier molecular flexibility index (Phi) is 2.20. The maximum atomic E-state index is 4.18. The van der Waals surface area contributed by atoms with Crippen molar-refractivity contribution in [3.8, 4) is 0 Å². The number of fused-ring (bicyclic) bond motifs is 1. The number of aromatic nitrogens is 3. The summed E-state index contributed by atoms with van der Waals surface area (Å²) < 4.78 is 1.88. The van der Waals surface area contributed by atoms with Crippen LogP contribution in [0.5, 0.6) is 0 Å². The third-order valence-corrected chi connectivity index (χ3v) is 2.63. The highest BCUT2D eigenvalue weighted by Crippen LogP contribution is 2.21. The van der Waals surface area contributed by atoms with Gasteiger partial charge in [0.1, 0.15) is 11.5 Å². The number of aryl methyl sites for hydroxylation is 2. The molecule has 0 N–H and O–H groups in total. The minimum absolute atomic E-state index is 1.08. The molecule has 0 aliphatic carbocycles. The number of nitrogens with zero attached hydrogens (tertiary/aromatic N) is 4. The van der Waals surface area contributed by atoms with Gasteiger partial charge in [-0.3, -0.25) is 0 Å². The smallest absolute Gasteiger partial charge is 0.150 e. The molecular weight excluding hydrogens is 164 g/mol. The van der Waals surface area contributed by atoms with Gasteiger partial charge in [-0.15, -0.1) is 5.10 Å². The van der Waals surface area contributed by atoms with Crippen molar-refractivity contribution >= 4 is 5.82 Å². The van der Waals surface area contributed by atoms with Gasteiger partial charge < -0.3 is 4.90 Å². The highest BCUT2D eigenvalue weighted by atomic mass is 15.5. The van der Waals surface area contributed by atoms with Crippen molar-refractivity contribution in [1.82, 2.24) is 15.0 Å². The van der Waals surface area contributed by atoms with Gasteiger partial charge in [-0.2, -0.15) is 0 Å². The summed E-state index contributed by atoms with van der Waals surface area (Å²) in [6, 6.07) is 0. The molecule has 0 unspecified atom stereocenters. The maximum Gasteiger partial charge on any atom is 0.150 e. The van der Waals surface area contributed by atoms with Gasteiger partial charge in [-0.25, -0.2) is 4.68 Å². The Morgan fingerprint density at radius 2 is 2.00 bits per heavy atom. The minimum Gasteiger partial charge on any atom is -0.358 e. The molecule has 0 amide bonds. The molecule has 1 aromatic heterocycles. The van der Waals surface area contributed by atoms with Crippen LogP contribution < -0.4 is 4.90 Å². The van der Waals surface area contributed by atoms with E-state index in [0.717, 1.165) is 18.7 Å². The van der Waals surface area contributed by atoms with Crippen LogP contribution in [0.25, 0.3) is 0 Å². The first-order valence-corrected chi connectivity index (χ1v) is 4.89. The molecule has 0 radical (unpaired) electrons. The lowest BCUT2D eigenvalue weighted by molar-refractivity contribution is 0.636. The molecule has 0 bridgehead atoms. The lowest BCUT2D eigenvalue weighted by Crippen LogP contribution is -2.23. The van der Waals surface area contributed by atoms with Gasteiger partial charge in [0.05, 0.1) is 0 Å². The van der Waals surface area contributed by atoms with E-state index in [1.165, 1.54) is 25.1 Å². The van der Waals surface area contributed by atoms with Crippen molar-refractivity contribution in [2.24, 2.45) is 7.05 Å². The summed E-state index contributed by atoms with van der Waals surface area (Å²) in [6.45, 7) is 1.12. The fourth-order valence-electron chi connectivity index (χ4n) is 1.95. The molecular formula is C9H16N4. The monoisotopic (exact) mass is 180 g/mol. The largest absolute Gasteiger partial charge is 0.358 e. The van der Waals surface area contributed by atoms with E-state index in [4.69, 9.17) is 0 Å². The first-order chi connectivity index (χ1) is 6.29. The van der Waals surface area contributed by atoms with Crippen LogP contribution in [0.2, 0.25) is 0 Å². The summed E-state index contributed by atoms with van der Waals surface area (Å²) in [5.74, 6) is 1.19. The summed E-state index contributed by atoms with van der Waals surface area (Å²) in [5, 5.41) is 8.24. The first-order valence-electron chi connectivity index (χ1n) is 4.89. The third kappa shape index (κ3) is 1.53. The molecule has 0 spiro atoms. The molecule has 1 aromatic rings. The van der Waals surface area contributed by atoms with Crippen molar-refractivity contribution in [2.45, 2.75) is 25.7 Å². The molecule has 0 fully saturated rings. The van der Waals surface area contributed by atoms with Crippen LogP contribution in [0.3, 0.4) is 0 Å². The Morgan fingerprint density at radius 1 is 1.15 bits per heavy atom. The Balaban J connectivity index is 2.34. The number of rotatable bonds is 0. The van der Waals surface area contributed by atoms with E-state index in [-0.39, 0.29) is 0 Å². The van der Waals surface area contributed by atoms with E-state index in [9.17, 15) is 0 Å². The van der Waals surface area contributed by atoms with Crippen LogP contribution in [0, 0.1) is 0 Å². The quantitative estimate of drug-likeness (QED) is 0.596. The van der Waals surface area contributed by atoms with Crippen molar-refractivity contribution in [3.05, 3.63) is 5.69 Å². The Bertz CT molecular complexity index is 292. The number of anilines is 1. The third-order valence-electron chi connectivity index (χ3n) is 2.63. The van der Waals surface area contributed by atoms with Crippen LogP contribution in [-0.4, -0.2) is 28.6 Å². The van der Waals surface area contributed by atoms with Gasteiger partial charge in [0.15, 0.2) is 0 Å². The van der Waals surface area contributed by atoms with Crippen LogP contribution in [0.1, 0.15) is 25.0 Å². The first kappa shape index (κ1) is 8.53. The molecule has 4 heteroatoms.